The van der Waals surface area contributed by atoms with Crippen LogP contribution in [-0.4, -0.2) is 22.5 Å². The zero-order chi connectivity index (χ0) is 19.8. The van der Waals surface area contributed by atoms with E-state index < -0.39 is 17.6 Å². The minimum absolute atomic E-state index is 0.294. The number of aromatic amines is 1. The minimum Gasteiger partial charge on any atom is -0.461 e. The van der Waals surface area contributed by atoms with Crippen LogP contribution in [0.1, 0.15) is 40.8 Å². The lowest BCUT2D eigenvalue weighted by atomic mass is 10.1. The van der Waals surface area contributed by atoms with Crippen molar-refractivity contribution < 1.29 is 18.3 Å². The number of halogens is 2. The summed E-state index contributed by atoms with van der Waals surface area (Å²) in [6.07, 6.45) is 3.24. The number of hydrogen-bond donors (Lipinski definition) is 1. The summed E-state index contributed by atoms with van der Waals surface area (Å²) in [4.78, 5) is 20.8. The Labute approximate surface area is 165 Å². The Kier molecular flexibility index (Phi) is 5.02. The molecule has 0 aliphatic heterocycles. The molecule has 1 fully saturated rings. The van der Waals surface area contributed by atoms with Gasteiger partial charge in [-0.2, -0.15) is 0 Å². The summed E-state index contributed by atoms with van der Waals surface area (Å²) < 4.78 is 32.1. The Bertz CT molecular complexity index is 1040. The fourth-order valence-corrected chi connectivity index (χ4v) is 4.12. The predicted octanol–water partition coefficient (Wildman–Crippen LogP) is 5.52. The summed E-state index contributed by atoms with van der Waals surface area (Å²) in [5.74, 6) is -1.56. The number of esters is 1. The largest absolute Gasteiger partial charge is 0.461 e. The number of aromatic nitrogens is 2. The van der Waals surface area contributed by atoms with Crippen LogP contribution in [0, 0.1) is 24.5 Å². The van der Waals surface area contributed by atoms with Crippen LogP contribution in [0.25, 0.3) is 21.8 Å². The van der Waals surface area contributed by atoms with E-state index in [2.05, 4.69) is 9.97 Å². The highest BCUT2D eigenvalue weighted by molar-refractivity contribution is 7.15. The van der Waals surface area contributed by atoms with Crippen LogP contribution < -0.4 is 0 Å². The maximum Gasteiger partial charge on any atom is 0.358 e. The Morgan fingerprint density at radius 3 is 2.75 bits per heavy atom. The number of carbonyl (C=O) groups excluding carboxylic acids is 1. The molecule has 1 aliphatic carbocycles. The molecular weight excluding hydrogens is 382 g/mol. The zero-order valence-electron chi connectivity index (χ0n) is 15.6. The van der Waals surface area contributed by atoms with Gasteiger partial charge in [0.05, 0.1) is 6.61 Å². The van der Waals surface area contributed by atoms with Crippen LogP contribution in [0.2, 0.25) is 0 Å². The summed E-state index contributed by atoms with van der Waals surface area (Å²) in [5.41, 5.74) is 3.51. The molecule has 146 valence electrons. The summed E-state index contributed by atoms with van der Waals surface area (Å²) in [5, 5.41) is 0.723. The van der Waals surface area contributed by atoms with E-state index in [0.29, 0.717) is 29.5 Å². The molecule has 1 N–H and O–H groups in total. The summed E-state index contributed by atoms with van der Waals surface area (Å²) in [6, 6.07) is 5.75. The van der Waals surface area contributed by atoms with Gasteiger partial charge in [0, 0.05) is 27.4 Å². The molecular formula is C21H20F2N2O2S. The van der Waals surface area contributed by atoms with Crippen molar-refractivity contribution in [3.8, 4) is 21.8 Å². The third kappa shape index (κ3) is 3.71. The van der Waals surface area contributed by atoms with E-state index in [4.69, 9.17) is 4.74 Å². The molecule has 1 saturated carbocycles. The van der Waals surface area contributed by atoms with Gasteiger partial charge in [0.15, 0.2) is 17.3 Å². The van der Waals surface area contributed by atoms with Gasteiger partial charge in [-0.05, 0) is 63.3 Å². The molecule has 7 heteroatoms. The van der Waals surface area contributed by atoms with Crippen LogP contribution in [0.3, 0.4) is 0 Å². The van der Waals surface area contributed by atoms with Crippen LogP contribution in [0.4, 0.5) is 8.78 Å². The second-order valence-corrected chi connectivity index (χ2v) is 8.20. The molecule has 1 aliphatic rings. The number of aryl methyl sites for hydroxylation is 1. The Morgan fingerprint density at radius 1 is 1.29 bits per heavy atom. The predicted molar refractivity (Wildman–Crippen MR) is 104 cm³/mol. The molecule has 0 bridgehead atoms. The van der Waals surface area contributed by atoms with Crippen molar-refractivity contribution in [2.45, 2.75) is 33.1 Å². The first-order valence-electron chi connectivity index (χ1n) is 9.28. The molecule has 28 heavy (non-hydrogen) atoms. The third-order valence-electron chi connectivity index (χ3n) is 4.82. The number of hydrogen-bond acceptors (Lipinski definition) is 4. The van der Waals surface area contributed by atoms with Crippen LogP contribution in [0.15, 0.2) is 24.3 Å². The highest BCUT2D eigenvalue weighted by Crippen LogP contribution is 2.39. The molecule has 4 nitrogen and oxygen atoms in total. The fourth-order valence-electron chi connectivity index (χ4n) is 3.18. The molecule has 1 aromatic carbocycles. The van der Waals surface area contributed by atoms with Gasteiger partial charge in [0.25, 0.3) is 0 Å². The SMILES string of the molecule is CCOC(=O)c1nc(-c2cc(-c3ccc(F)c(F)c3)[nH]c2CC2CC2)sc1C. The molecule has 0 atom stereocenters. The first kappa shape index (κ1) is 18.8. The Hall–Kier alpha value is -2.54. The van der Waals surface area contributed by atoms with Crippen molar-refractivity contribution in [1.29, 1.82) is 0 Å². The van der Waals surface area contributed by atoms with Crippen molar-refractivity contribution in [3.63, 3.8) is 0 Å². The molecule has 2 aromatic heterocycles. The van der Waals surface area contributed by atoms with Gasteiger partial charge in [0.1, 0.15) is 5.01 Å². The molecule has 4 rings (SSSR count). The van der Waals surface area contributed by atoms with Crippen LogP contribution >= 0.6 is 11.3 Å². The van der Waals surface area contributed by atoms with Gasteiger partial charge in [0.2, 0.25) is 0 Å². The molecule has 0 spiro atoms. The first-order valence-corrected chi connectivity index (χ1v) is 10.1. The van der Waals surface area contributed by atoms with Crippen molar-refractivity contribution in [2.75, 3.05) is 6.61 Å². The van der Waals surface area contributed by atoms with Crippen LogP contribution in [-0.2, 0) is 11.2 Å². The molecule has 0 radical (unpaired) electrons. The highest BCUT2D eigenvalue weighted by Gasteiger charge is 2.26. The molecule has 3 aromatic rings. The lowest BCUT2D eigenvalue weighted by molar-refractivity contribution is 0.0519. The van der Waals surface area contributed by atoms with E-state index >= 15 is 0 Å². The quantitative estimate of drug-likeness (QED) is 0.552. The second-order valence-electron chi connectivity index (χ2n) is 7.00. The number of nitrogens with one attached hydrogen (secondary N) is 1. The van der Waals surface area contributed by atoms with E-state index in [9.17, 15) is 13.6 Å². The number of benzene rings is 1. The van der Waals surface area contributed by atoms with Gasteiger partial charge in [-0.3, -0.25) is 0 Å². The van der Waals surface area contributed by atoms with Gasteiger partial charge < -0.3 is 9.72 Å². The van der Waals surface area contributed by atoms with Gasteiger partial charge >= 0.3 is 5.97 Å². The molecule has 0 amide bonds. The zero-order valence-corrected chi connectivity index (χ0v) is 16.5. The standard InChI is InChI=1S/C21H20F2N2O2S/c1-3-27-21(26)19-11(2)28-20(25-19)14-10-17(24-18(14)8-12-4-5-12)13-6-7-15(22)16(23)9-13/h6-7,9-10,12,24H,3-5,8H2,1-2H3. The molecule has 0 unspecified atom stereocenters. The Balaban J connectivity index is 1.75. The van der Waals surface area contributed by atoms with E-state index in [1.165, 1.54) is 30.2 Å². The highest BCUT2D eigenvalue weighted by atomic mass is 32.1. The monoisotopic (exact) mass is 402 g/mol. The average molecular weight is 402 g/mol. The Morgan fingerprint density at radius 2 is 2.07 bits per heavy atom. The molecule has 0 saturated heterocycles. The maximum atomic E-state index is 13.7. The van der Waals surface area contributed by atoms with Gasteiger partial charge in [-0.25, -0.2) is 18.6 Å². The number of carbonyl (C=O) groups is 1. The third-order valence-corrected chi connectivity index (χ3v) is 5.82. The van der Waals surface area contributed by atoms with E-state index in [1.54, 1.807) is 13.0 Å². The topological polar surface area (TPSA) is 55.0 Å². The average Bonchev–Trinajstić information content (AvgIpc) is 3.24. The summed E-state index contributed by atoms with van der Waals surface area (Å²) >= 11 is 1.43. The maximum absolute atomic E-state index is 13.7. The number of rotatable bonds is 6. The van der Waals surface area contributed by atoms with E-state index in [0.717, 1.165) is 33.6 Å². The van der Waals surface area contributed by atoms with Crippen molar-refractivity contribution in [2.24, 2.45) is 5.92 Å². The number of nitrogens with zero attached hydrogens (tertiary/aromatic N) is 1. The minimum atomic E-state index is -0.882. The lowest BCUT2D eigenvalue weighted by Gasteiger charge is -2.01. The summed E-state index contributed by atoms with van der Waals surface area (Å²) in [7, 11) is 0. The van der Waals surface area contributed by atoms with Crippen LogP contribution in [0.5, 0.6) is 0 Å². The van der Waals surface area contributed by atoms with Crippen molar-refractivity contribution in [3.05, 3.63) is 52.2 Å². The number of H-pyrrole nitrogens is 1. The summed E-state index contributed by atoms with van der Waals surface area (Å²) in [6.45, 7) is 3.90. The smallest absolute Gasteiger partial charge is 0.358 e. The lowest BCUT2D eigenvalue weighted by Crippen LogP contribution is -2.06. The van der Waals surface area contributed by atoms with Gasteiger partial charge in [-0.1, -0.05) is 0 Å². The van der Waals surface area contributed by atoms with Crippen molar-refractivity contribution in [1.82, 2.24) is 9.97 Å². The number of thiazole rings is 1. The van der Waals surface area contributed by atoms with E-state index in [1.807, 2.05) is 13.0 Å². The normalized spacial score (nSPS) is 13.7. The van der Waals surface area contributed by atoms with Crippen molar-refractivity contribution >= 4 is 17.3 Å². The first-order chi connectivity index (χ1) is 13.5. The van der Waals surface area contributed by atoms with Gasteiger partial charge in [-0.15, -0.1) is 11.3 Å². The fraction of sp³-hybridized carbons (Fsp3) is 0.333. The second kappa shape index (κ2) is 7.47. The molecule has 2 heterocycles. The number of ether oxygens (including phenoxy) is 1. The van der Waals surface area contributed by atoms with E-state index in [-0.39, 0.29) is 0 Å².